The van der Waals surface area contributed by atoms with Crippen molar-refractivity contribution in [3.05, 3.63) is 47.2 Å². The molecule has 1 fully saturated rings. The topological polar surface area (TPSA) is 105 Å². The summed E-state index contributed by atoms with van der Waals surface area (Å²) in [5.74, 6) is -0.884. The van der Waals surface area contributed by atoms with Crippen LogP contribution in [0.25, 0.3) is 0 Å². The normalized spacial score (nSPS) is 20.2. The molecule has 8 nitrogen and oxygen atoms in total. The number of hydrogen-bond acceptors (Lipinski definition) is 5. The fourth-order valence-electron chi connectivity index (χ4n) is 2.42. The van der Waals surface area contributed by atoms with Crippen LogP contribution in [0.2, 0.25) is 5.02 Å². The first-order valence-electron chi connectivity index (χ1n) is 7.00. The number of nitrogens with zero attached hydrogens (tertiary/aromatic N) is 2. The molecule has 1 atom stereocenters. The number of aromatic nitrogens is 1. The molecular weight excluding hydrogens is 336 g/mol. The van der Waals surface area contributed by atoms with Crippen molar-refractivity contribution in [2.24, 2.45) is 0 Å². The number of hydrogen-bond donors (Lipinski definition) is 2. The maximum Gasteiger partial charge on any atom is 0.325 e. The summed E-state index contributed by atoms with van der Waals surface area (Å²) in [6, 6.07) is 7.36. The smallest absolute Gasteiger partial charge is 0.325 e. The quantitative estimate of drug-likeness (QED) is 0.819. The number of nitrogens with one attached hydrogen (secondary N) is 2. The van der Waals surface area contributed by atoms with Crippen molar-refractivity contribution in [1.82, 2.24) is 15.4 Å². The van der Waals surface area contributed by atoms with E-state index >= 15 is 0 Å². The van der Waals surface area contributed by atoms with Gasteiger partial charge >= 0.3 is 6.03 Å². The summed E-state index contributed by atoms with van der Waals surface area (Å²) in [6.07, 6.45) is 1.29. The molecule has 1 aliphatic rings. The van der Waals surface area contributed by atoms with Crippen LogP contribution in [0.4, 0.5) is 10.6 Å². The number of amides is 4. The Morgan fingerprint density at radius 2 is 2.04 bits per heavy atom. The highest BCUT2D eigenvalue weighted by Crippen LogP contribution is 2.29. The van der Waals surface area contributed by atoms with Crippen molar-refractivity contribution < 1.29 is 18.9 Å². The van der Waals surface area contributed by atoms with Crippen LogP contribution in [0, 0.1) is 0 Å². The Labute approximate surface area is 141 Å². The van der Waals surface area contributed by atoms with Crippen molar-refractivity contribution >= 4 is 35.3 Å². The third-order valence-corrected chi connectivity index (χ3v) is 3.96. The zero-order chi connectivity index (χ0) is 17.3. The first-order valence-corrected chi connectivity index (χ1v) is 7.38. The number of carbonyl (C=O) groups is 3. The van der Waals surface area contributed by atoms with E-state index in [-0.39, 0.29) is 5.82 Å². The van der Waals surface area contributed by atoms with Gasteiger partial charge < -0.3 is 15.2 Å². The molecule has 0 bridgehead atoms. The van der Waals surface area contributed by atoms with Crippen molar-refractivity contribution in [2.75, 3.05) is 11.9 Å². The van der Waals surface area contributed by atoms with Gasteiger partial charge in [-0.2, -0.15) is 0 Å². The molecule has 9 heteroatoms. The lowest BCUT2D eigenvalue weighted by molar-refractivity contribution is -0.133. The molecule has 24 heavy (non-hydrogen) atoms. The number of rotatable bonds is 4. The third kappa shape index (κ3) is 2.83. The predicted octanol–water partition coefficient (Wildman–Crippen LogP) is 1.73. The first-order chi connectivity index (χ1) is 11.4. The standard InChI is InChI=1S/C15H13ClN4O4/c1-15(9-2-4-10(16)5-3-9)13(22)20(14(23)18-15)8-12(21)17-11-6-7-24-19-11/h2-7H,8H2,1H3,(H,18,23)(H,17,19,21). The molecule has 2 N–H and O–H groups in total. The van der Waals surface area contributed by atoms with Gasteiger partial charge in [0.05, 0.1) is 0 Å². The van der Waals surface area contributed by atoms with E-state index in [1.54, 1.807) is 31.2 Å². The minimum absolute atomic E-state index is 0.201. The summed E-state index contributed by atoms with van der Waals surface area (Å²) in [5, 5.41) is 9.09. The molecule has 1 aromatic carbocycles. The molecule has 2 aromatic rings. The van der Waals surface area contributed by atoms with Crippen molar-refractivity contribution in [2.45, 2.75) is 12.5 Å². The molecule has 1 unspecified atom stereocenters. The van der Waals surface area contributed by atoms with Crippen LogP contribution in [-0.4, -0.2) is 34.4 Å². The van der Waals surface area contributed by atoms with Crippen LogP contribution in [0.3, 0.4) is 0 Å². The summed E-state index contributed by atoms with van der Waals surface area (Å²) in [7, 11) is 0. The Morgan fingerprint density at radius 1 is 1.33 bits per heavy atom. The van der Waals surface area contributed by atoms with Gasteiger partial charge in [0, 0.05) is 11.1 Å². The third-order valence-electron chi connectivity index (χ3n) is 3.70. The molecule has 4 amide bonds. The maximum atomic E-state index is 12.7. The molecular formula is C15H13ClN4O4. The highest BCUT2D eigenvalue weighted by atomic mass is 35.5. The molecule has 0 radical (unpaired) electrons. The molecule has 1 aromatic heterocycles. The van der Waals surface area contributed by atoms with Crippen molar-refractivity contribution in [3.8, 4) is 0 Å². The number of imide groups is 1. The summed E-state index contributed by atoms with van der Waals surface area (Å²) in [5.41, 5.74) is -0.680. The lowest BCUT2D eigenvalue weighted by Gasteiger charge is -2.22. The SMILES string of the molecule is CC1(c2ccc(Cl)cc2)NC(=O)N(CC(=O)Nc2ccon2)C1=O. The monoisotopic (exact) mass is 348 g/mol. The van der Waals surface area contributed by atoms with Gasteiger partial charge in [-0.15, -0.1) is 0 Å². The molecule has 3 rings (SSSR count). The van der Waals surface area contributed by atoms with E-state index in [1.165, 1.54) is 12.3 Å². The van der Waals surface area contributed by atoms with Crippen LogP contribution in [0.15, 0.2) is 41.1 Å². The second-order valence-corrected chi connectivity index (χ2v) is 5.82. The predicted molar refractivity (Wildman–Crippen MR) is 84.2 cm³/mol. The van der Waals surface area contributed by atoms with E-state index in [9.17, 15) is 14.4 Å². The summed E-state index contributed by atoms with van der Waals surface area (Å²) in [6.45, 7) is 1.15. The van der Waals surface area contributed by atoms with Gasteiger partial charge in [0.25, 0.3) is 5.91 Å². The van der Waals surface area contributed by atoms with Crippen LogP contribution in [0.1, 0.15) is 12.5 Å². The molecule has 1 aliphatic heterocycles. The zero-order valence-corrected chi connectivity index (χ0v) is 13.3. The average Bonchev–Trinajstić information content (AvgIpc) is 3.11. The molecule has 124 valence electrons. The maximum absolute atomic E-state index is 12.7. The van der Waals surface area contributed by atoms with Gasteiger partial charge in [0.15, 0.2) is 5.82 Å². The van der Waals surface area contributed by atoms with Gasteiger partial charge in [-0.1, -0.05) is 28.9 Å². The first kappa shape index (κ1) is 16.0. The fraction of sp³-hybridized carbons (Fsp3) is 0.200. The number of anilines is 1. The van der Waals surface area contributed by atoms with Crippen LogP contribution < -0.4 is 10.6 Å². The largest absolute Gasteiger partial charge is 0.363 e. The number of carbonyl (C=O) groups excluding carboxylic acids is 3. The highest BCUT2D eigenvalue weighted by molar-refractivity contribution is 6.30. The minimum atomic E-state index is -1.25. The van der Waals surface area contributed by atoms with Crippen molar-refractivity contribution in [1.29, 1.82) is 0 Å². The van der Waals surface area contributed by atoms with E-state index in [4.69, 9.17) is 11.6 Å². The van der Waals surface area contributed by atoms with Gasteiger partial charge in [-0.3, -0.25) is 14.5 Å². The lowest BCUT2D eigenvalue weighted by Crippen LogP contribution is -2.42. The van der Waals surface area contributed by atoms with Gasteiger partial charge in [0.1, 0.15) is 18.3 Å². The minimum Gasteiger partial charge on any atom is -0.363 e. The summed E-state index contributed by atoms with van der Waals surface area (Å²) < 4.78 is 4.59. The second-order valence-electron chi connectivity index (χ2n) is 5.39. The fourth-order valence-corrected chi connectivity index (χ4v) is 2.55. The number of benzene rings is 1. The lowest BCUT2D eigenvalue weighted by atomic mass is 9.92. The number of halogens is 1. The molecule has 0 spiro atoms. The second kappa shape index (κ2) is 5.97. The van der Waals surface area contributed by atoms with E-state index in [0.29, 0.717) is 10.6 Å². The Hall–Kier alpha value is -2.87. The molecule has 2 heterocycles. The van der Waals surface area contributed by atoms with E-state index in [1.807, 2.05) is 0 Å². The summed E-state index contributed by atoms with van der Waals surface area (Å²) >= 11 is 5.84. The van der Waals surface area contributed by atoms with Gasteiger partial charge in [-0.05, 0) is 24.6 Å². The summed E-state index contributed by atoms with van der Waals surface area (Å²) in [4.78, 5) is 37.6. The zero-order valence-electron chi connectivity index (χ0n) is 12.6. The van der Waals surface area contributed by atoms with Crippen LogP contribution in [-0.2, 0) is 15.1 Å². The van der Waals surface area contributed by atoms with Crippen LogP contribution in [0.5, 0.6) is 0 Å². The Morgan fingerprint density at radius 3 is 2.67 bits per heavy atom. The molecule has 0 saturated carbocycles. The van der Waals surface area contributed by atoms with Gasteiger partial charge in [0.2, 0.25) is 5.91 Å². The van der Waals surface area contributed by atoms with E-state index in [2.05, 4.69) is 20.3 Å². The Kier molecular flexibility index (Phi) is 3.98. The number of urea groups is 1. The van der Waals surface area contributed by atoms with E-state index < -0.39 is 29.9 Å². The Balaban J connectivity index is 1.76. The van der Waals surface area contributed by atoms with E-state index in [0.717, 1.165) is 4.90 Å². The van der Waals surface area contributed by atoms with Gasteiger partial charge in [-0.25, -0.2) is 4.79 Å². The molecule has 0 aliphatic carbocycles. The average molecular weight is 349 g/mol. The Bertz CT molecular complexity index is 790. The van der Waals surface area contributed by atoms with Crippen molar-refractivity contribution in [3.63, 3.8) is 0 Å². The highest BCUT2D eigenvalue weighted by Gasteiger charge is 2.49. The molecule has 1 saturated heterocycles. The van der Waals surface area contributed by atoms with Crippen LogP contribution >= 0.6 is 11.6 Å².